The third-order valence-corrected chi connectivity index (χ3v) is 4.00. The summed E-state index contributed by atoms with van der Waals surface area (Å²) in [7, 11) is 0. The van der Waals surface area contributed by atoms with Crippen molar-refractivity contribution in [2.24, 2.45) is 5.73 Å². The Hall–Kier alpha value is -1.88. The number of aromatic amines is 1. The molecule has 4 N–H and O–H groups in total. The van der Waals surface area contributed by atoms with Crippen LogP contribution in [0.5, 0.6) is 0 Å². The van der Waals surface area contributed by atoms with Crippen molar-refractivity contribution in [1.29, 1.82) is 0 Å². The van der Waals surface area contributed by atoms with Crippen molar-refractivity contribution in [2.75, 3.05) is 0 Å². The van der Waals surface area contributed by atoms with E-state index in [0.717, 1.165) is 42.3 Å². The van der Waals surface area contributed by atoms with Crippen LogP contribution >= 0.6 is 0 Å². The molecule has 1 aliphatic carbocycles. The van der Waals surface area contributed by atoms with Crippen LogP contribution in [-0.4, -0.2) is 28.0 Å². The van der Waals surface area contributed by atoms with Crippen molar-refractivity contribution in [3.8, 4) is 0 Å². The van der Waals surface area contributed by atoms with Gasteiger partial charge in [-0.1, -0.05) is 0 Å². The number of carbonyl (C=O) groups excluding carboxylic acids is 1. The zero-order valence-corrected chi connectivity index (χ0v) is 11.4. The van der Waals surface area contributed by atoms with Crippen LogP contribution in [0.3, 0.4) is 0 Å². The summed E-state index contributed by atoms with van der Waals surface area (Å²) in [4.78, 5) is 19.6. The number of carbonyl (C=O) groups is 1. The van der Waals surface area contributed by atoms with Gasteiger partial charge in [0.05, 0.1) is 17.5 Å². The third-order valence-electron chi connectivity index (χ3n) is 4.00. The second-order valence-electron chi connectivity index (χ2n) is 5.57. The smallest absolute Gasteiger partial charge is 0.224 e. The number of pyridine rings is 1. The van der Waals surface area contributed by atoms with Gasteiger partial charge in [0.1, 0.15) is 0 Å². The molecule has 2 heterocycles. The normalized spacial score (nSPS) is 22.9. The van der Waals surface area contributed by atoms with Crippen LogP contribution in [-0.2, 0) is 11.2 Å². The summed E-state index contributed by atoms with van der Waals surface area (Å²) in [5.74, 6) is 0.0667. The maximum Gasteiger partial charge on any atom is 0.224 e. The molecule has 106 valence electrons. The van der Waals surface area contributed by atoms with Crippen molar-refractivity contribution in [3.63, 3.8) is 0 Å². The van der Waals surface area contributed by atoms with Crippen LogP contribution in [0.1, 0.15) is 31.2 Å². The highest BCUT2D eigenvalue weighted by Gasteiger charge is 2.20. The Labute approximate surface area is 118 Å². The zero-order valence-electron chi connectivity index (χ0n) is 11.4. The molecular formula is C15H20N4O. The van der Waals surface area contributed by atoms with Crippen molar-refractivity contribution >= 4 is 16.9 Å². The fourth-order valence-electron chi connectivity index (χ4n) is 2.86. The van der Waals surface area contributed by atoms with Gasteiger partial charge in [0.15, 0.2) is 0 Å². The van der Waals surface area contributed by atoms with E-state index in [0.29, 0.717) is 12.5 Å². The molecule has 0 aliphatic heterocycles. The van der Waals surface area contributed by atoms with Gasteiger partial charge in [-0.3, -0.25) is 9.78 Å². The maximum absolute atomic E-state index is 12.1. The average molecular weight is 272 g/mol. The largest absolute Gasteiger partial charge is 0.360 e. The standard InChI is InChI=1S/C15H20N4O/c16-11-3-5-12(6-4-11)19-14(20)8-10-9-18-13-2-1-7-17-15(10)13/h1-2,7,9,11-12,18H,3-6,8,16H2,(H,19,20). The van der Waals surface area contributed by atoms with Crippen molar-refractivity contribution in [1.82, 2.24) is 15.3 Å². The quantitative estimate of drug-likeness (QED) is 0.791. The van der Waals surface area contributed by atoms with Crippen LogP contribution in [0.2, 0.25) is 0 Å². The second-order valence-corrected chi connectivity index (χ2v) is 5.57. The molecule has 1 saturated carbocycles. The predicted molar refractivity (Wildman–Crippen MR) is 78.2 cm³/mol. The average Bonchev–Trinajstić information content (AvgIpc) is 2.85. The Morgan fingerprint density at radius 3 is 3.00 bits per heavy atom. The molecule has 0 aromatic carbocycles. The van der Waals surface area contributed by atoms with Crippen LogP contribution in [0.4, 0.5) is 0 Å². The first-order valence-electron chi connectivity index (χ1n) is 7.18. The molecule has 0 radical (unpaired) electrons. The van der Waals surface area contributed by atoms with Crippen LogP contribution in [0.25, 0.3) is 11.0 Å². The van der Waals surface area contributed by atoms with Gasteiger partial charge in [-0.2, -0.15) is 0 Å². The SMILES string of the molecule is NC1CCC(NC(=O)Cc2c[nH]c3cccnc23)CC1. The fraction of sp³-hybridized carbons (Fsp3) is 0.467. The minimum atomic E-state index is 0.0667. The molecule has 1 amide bonds. The number of aromatic nitrogens is 2. The van der Waals surface area contributed by atoms with E-state index in [4.69, 9.17) is 5.73 Å². The molecular weight excluding hydrogens is 252 g/mol. The molecule has 2 aromatic heterocycles. The lowest BCUT2D eigenvalue weighted by Crippen LogP contribution is -2.41. The second kappa shape index (κ2) is 5.63. The number of nitrogens with one attached hydrogen (secondary N) is 2. The molecule has 3 rings (SSSR count). The van der Waals surface area contributed by atoms with Gasteiger partial charge in [-0.05, 0) is 37.8 Å². The van der Waals surface area contributed by atoms with E-state index in [-0.39, 0.29) is 11.9 Å². The van der Waals surface area contributed by atoms with Crippen molar-refractivity contribution in [3.05, 3.63) is 30.1 Å². The molecule has 1 aliphatic rings. The fourth-order valence-corrected chi connectivity index (χ4v) is 2.86. The van der Waals surface area contributed by atoms with Crippen molar-refractivity contribution in [2.45, 2.75) is 44.2 Å². The number of amides is 1. The van der Waals surface area contributed by atoms with Gasteiger partial charge in [0.2, 0.25) is 5.91 Å². The number of rotatable bonds is 3. The number of hydrogen-bond donors (Lipinski definition) is 3. The molecule has 0 unspecified atom stereocenters. The van der Waals surface area contributed by atoms with Gasteiger partial charge >= 0.3 is 0 Å². The molecule has 5 nitrogen and oxygen atoms in total. The molecule has 0 saturated heterocycles. The summed E-state index contributed by atoms with van der Waals surface area (Å²) >= 11 is 0. The highest BCUT2D eigenvalue weighted by molar-refractivity contribution is 5.86. The Bertz CT molecular complexity index is 599. The van der Waals surface area contributed by atoms with Crippen LogP contribution in [0, 0.1) is 0 Å². The highest BCUT2D eigenvalue weighted by Crippen LogP contribution is 2.18. The van der Waals surface area contributed by atoms with E-state index in [1.54, 1.807) is 6.20 Å². The summed E-state index contributed by atoms with van der Waals surface area (Å²) < 4.78 is 0. The maximum atomic E-state index is 12.1. The predicted octanol–water partition coefficient (Wildman–Crippen LogP) is 1.49. The minimum absolute atomic E-state index is 0.0667. The summed E-state index contributed by atoms with van der Waals surface area (Å²) in [6.07, 6.45) is 7.96. The van der Waals surface area contributed by atoms with Gasteiger partial charge in [-0.15, -0.1) is 0 Å². The van der Waals surface area contributed by atoms with Crippen molar-refractivity contribution < 1.29 is 4.79 Å². The number of H-pyrrole nitrogens is 1. The molecule has 0 atom stereocenters. The molecule has 1 fully saturated rings. The lowest BCUT2D eigenvalue weighted by Gasteiger charge is -2.26. The first-order chi connectivity index (χ1) is 9.72. The van der Waals surface area contributed by atoms with Crippen LogP contribution < -0.4 is 11.1 Å². The molecule has 0 bridgehead atoms. The summed E-state index contributed by atoms with van der Waals surface area (Å²) in [5, 5.41) is 3.11. The Morgan fingerprint density at radius 1 is 1.40 bits per heavy atom. The molecule has 5 heteroatoms. The molecule has 20 heavy (non-hydrogen) atoms. The Morgan fingerprint density at radius 2 is 2.20 bits per heavy atom. The van der Waals surface area contributed by atoms with E-state index in [9.17, 15) is 4.79 Å². The lowest BCUT2D eigenvalue weighted by molar-refractivity contribution is -0.121. The van der Waals surface area contributed by atoms with Gasteiger partial charge in [0, 0.05) is 30.0 Å². The monoisotopic (exact) mass is 272 g/mol. The Balaban J connectivity index is 1.61. The van der Waals surface area contributed by atoms with E-state index in [1.807, 2.05) is 18.3 Å². The zero-order chi connectivity index (χ0) is 13.9. The summed E-state index contributed by atoms with van der Waals surface area (Å²) in [5.41, 5.74) is 8.68. The van der Waals surface area contributed by atoms with E-state index >= 15 is 0 Å². The van der Waals surface area contributed by atoms with E-state index in [2.05, 4.69) is 15.3 Å². The van der Waals surface area contributed by atoms with Gasteiger partial charge in [-0.25, -0.2) is 0 Å². The topological polar surface area (TPSA) is 83.8 Å². The molecule has 2 aromatic rings. The van der Waals surface area contributed by atoms with Gasteiger partial charge in [0.25, 0.3) is 0 Å². The third kappa shape index (κ3) is 2.82. The first kappa shape index (κ1) is 13.1. The summed E-state index contributed by atoms with van der Waals surface area (Å²) in [6, 6.07) is 4.43. The number of nitrogens with zero attached hydrogens (tertiary/aromatic N) is 1. The highest BCUT2D eigenvalue weighted by atomic mass is 16.1. The first-order valence-corrected chi connectivity index (χ1v) is 7.18. The molecule has 0 spiro atoms. The number of fused-ring (bicyclic) bond motifs is 1. The van der Waals surface area contributed by atoms with E-state index in [1.165, 1.54) is 0 Å². The lowest BCUT2D eigenvalue weighted by atomic mass is 9.92. The van der Waals surface area contributed by atoms with E-state index < -0.39 is 0 Å². The minimum Gasteiger partial charge on any atom is -0.360 e. The van der Waals surface area contributed by atoms with Crippen LogP contribution in [0.15, 0.2) is 24.5 Å². The Kier molecular flexibility index (Phi) is 3.69. The number of hydrogen-bond acceptors (Lipinski definition) is 3. The number of nitrogens with two attached hydrogens (primary N) is 1. The van der Waals surface area contributed by atoms with Gasteiger partial charge < -0.3 is 16.0 Å². The summed E-state index contributed by atoms with van der Waals surface area (Å²) in [6.45, 7) is 0.